The van der Waals surface area contributed by atoms with E-state index in [1.54, 1.807) is 12.1 Å². The summed E-state index contributed by atoms with van der Waals surface area (Å²) >= 11 is 5.68. The molecule has 3 nitrogen and oxygen atoms in total. The SMILES string of the molecule is CCC(C)(CO)NC(=O)c1ccc(CCl)cc1. The summed E-state index contributed by atoms with van der Waals surface area (Å²) in [4.78, 5) is 11.9. The molecule has 0 aliphatic carbocycles. The molecule has 1 rings (SSSR count). The standard InChI is InChI=1S/C13H18ClNO2/c1-3-13(2,9-16)15-12(17)11-6-4-10(8-14)5-7-11/h4-7,16H,3,8-9H2,1-2H3,(H,15,17). The largest absolute Gasteiger partial charge is 0.394 e. The van der Waals surface area contributed by atoms with Gasteiger partial charge in [-0.15, -0.1) is 11.6 Å². The van der Waals surface area contributed by atoms with Gasteiger partial charge >= 0.3 is 0 Å². The van der Waals surface area contributed by atoms with Crippen LogP contribution in [0.15, 0.2) is 24.3 Å². The Morgan fingerprint density at radius 2 is 2.00 bits per heavy atom. The van der Waals surface area contributed by atoms with Crippen LogP contribution in [-0.4, -0.2) is 23.2 Å². The zero-order valence-corrected chi connectivity index (χ0v) is 10.9. The van der Waals surface area contributed by atoms with Gasteiger partial charge in [-0.25, -0.2) is 0 Å². The van der Waals surface area contributed by atoms with Crippen LogP contribution < -0.4 is 5.32 Å². The Balaban J connectivity index is 2.75. The maximum absolute atomic E-state index is 11.9. The van der Waals surface area contributed by atoms with E-state index < -0.39 is 5.54 Å². The van der Waals surface area contributed by atoms with Crippen molar-refractivity contribution in [1.29, 1.82) is 0 Å². The average Bonchev–Trinajstić information content (AvgIpc) is 2.38. The summed E-state index contributed by atoms with van der Waals surface area (Å²) in [6.45, 7) is 3.67. The molecule has 0 aliphatic heterocycles. The van der Waals surface area contributed by atoms with E-state index in [-0.39, 0.29) is 12.5 Å². The molecule has 1 amide bonds. The molecule has 0 aliphatic rings. The number of benzene rings is 1. The lowest BCUT2D eigenvalue weighted by Crippen LogP contribution is -2.48. The molecule has 0 radical (unpaired) electrons. The number of alkyl halides is 1. The summed E-state index contributed by atoms with van der Waals surface area (Å²) in [5.41, 5.74) is 0.984. The first-order valence-corrected chi connectivity index (χ1v) is 6.16. The Morgan fingerprint density at radius 3 is 2.41 bits per heavy atom. The highest BCUT2D eigenvalue weighted by molar-refractivity contribution is 6.17. The summed E-state index contributed by atoms with van der Waals surface area (Å²) in [6.07, 6.45) is 0.676. The Morgan fingerprint density at radius 1 is 1.41 bits per heavy atom. The number of amides is 1. The second kappa shape index (κ2) is 6.03. The molecule has 4 heteroatoms. The Kier molecular flexibility index (Phi) is 4.97. The summed E-state index contributed by atoms with van der Waals surface area (Å²) in [5, 5.41) is 12.1. The molecule has 17 heavy (non-hydrogen) atoms. The third-order valence-electron chi connectivity index (χ3n) is 2.92. The molecule has 1 aromatic rings. The zero-order chi connectivity index (χ0) is 12.9. The minimum absolute atomic E-state index is 0.0744. The van der Waals surface area contributed by atoms with Crippen LogP contribution in [0, 0.1) is 0 Å². The van der Waals surface area contributed by atoms with Gasteiger partial charge in [-0.05, 0) is 31.0 Å². The van der Waals surface area contributed by atoms with E-state index in [0.29, 0.717) is 17.9 Å². The number of hydrogen-bond acceptors (Lipinski definition) is 2. The van der Waals surface area contributed by atoms with E-state index in [9.17, 15) is 9.90 Å². The van der Waals surface area contributed by atoms with Gasteiger partial charge < -0.3 is 10.4 Å². The lowest BCUT2D eigenvalue weighted by atomic mass is 9.99. The van der Waals surface area contributed by atoms with Crippen molar-refractivity contribution < 1.29 is 9.90 Å². The smallest absolute Gasteiger partial charge is 0.251 e. The van der Waals surface area contributed by atoms with Crippen molar-refractivity contribution in [2.24, 2.45) is 0 Å². The zero-order valence-electron chi connectivity index (χ0n) is 10.2. The quantitative estimate of drug-likeness (QED) is 0.794. The van der Waals surface area contributed by atoms with Crippen LogP contribution in [0.3, 0.4) is 0 Å². The molecule has 0 fully saturated rings. The summed E-state index contributed by atoms with van der Waals surface area (Å²) < 4.78 is 0. The minimum atomic E-state index is -0.567. The molecule has 0 heterocycles. The maximum Gasteiger partial charge on any atom is 0.251 e. The fourth-order valence-corrected chi connectivity index (χ4v) is 1.51. The second-order valence-electron chi connectivity index (χ2n) is 4.36. The lowest BCUT2D eigenvalue weighted by Gasteiger charge is -2.27. The number of carbonyl (C=O) groups excluding carboxylic acids is 1. The highest BCUT2D eigenvalue weighted by Gasteiger charge is 2.23. The molecule has 0 saturated heterocycles. The predicted octanol–water partition coefficient (Wildman–Crippen LogP) is 2.32. The first-order chi connectivity index (χ1) is 8.04. The average molecular weight is 256 g/mol. The van der Waals surface area contributed by atoms with Gasteiger partial charge in [-0.3, -0.25) is 4.79 Å². The van der Waals surface area contributed by atoms with Gasteiger partial charge in [-0.2, -0.15) is 0 Å². The molecule has 1 atom stereocenters. The number of halogens is 1. The van der Waals surface area contributed by atoms with Crippen LogP contribution in [-0.2, 0) is 5.88 Å². The molecule has 1 unspecified atom stereocenters. The van der Waals surface area contributed by atoms with Crippen molar-refractivity contribution in [2.45, 2.75) is 31.7 Å². The Hall–Kier alpha value is -1.06. The van der Waals surface area contributed by atoms with Crippen LogP contribution in [0.25, 0.3) is 0 Å². The van der Waals surface area contributed by atoms with Gasteiger partial charge in [0.15, 0.2) is 0 Å². The summed E-state index contributed by atoms with van der Waals surface area (Å²) in [6, 6.07) is 7.12. The number of rotatable bonds is 5. The highest BCUT2D eigenvalue weighted by atomic mass is 35.5. The van der Waals surface area contributed by atoms with Gasteiger partial charge in [0.2, 0.25) is 0 Å². The number of aliphatic hydroxyl groups excluding tert-OH is 1. The van der Waals surface area contributed by atoms with Crippen LogP contribution in [0.1, 0.15) is 36.2 Å². The van der Waals surface area contributed by atoms with E-state index in [0.717, 1.165) is 5.56 Å². The molecule has 94 valence electrons. The predicted molar refractivity (Wildman–Crippen MR) is 69.2 cm³/mol. The highest BCUT2D eigenvalue weighted by Crippen LogP contribution is 2.11. The van der Waals surface area contributed by atoms with E-state index in [1.165, 1.54) is 0 Å². The molecule has 0 saturated carbocycles. The van der Waals surface area contributed by atoms with Crippen molar-refractivity contribution in [1.82, 2.24) is 5.32 Å². The van der Waals surface area contributed by atoms with E-state index >= 15 is 0 Å². The van der Waals surface area contributed by atoms with E-state index in [4.69, 9.17) is 11.6 Å². The summed E-state index contributed by atoms with van der Waals surface area (Å²) in [5.74, 6) is 0.259. The van der Waals surface area contributed by atoms with Gasteiger partial charge in [0, 0.05) is 11.4 Å². The van der Waals surface area contributed by atoms with Gasteiger partial charge in [0.1, 0.15) is 0 Å². The molecular formula is C13H18ClNO2. The van der Waals surface area contributed by atoms with Crippen LogP contribution in [0.2, 0.25) is 0 Å². The Bertz CT molecular complexity index is 372. The number of carbonyl (C=O) groups is 1. The third kappa shape index (κ3) is 3.72. The molecule has 0 bridgehead atoms. The molecular weight excluding hydrogens is 238 g/mol. The van der Waals surface area contributed by atoms with Crippen molar-refractivity contribution in [2.75, 3.05) is 6.61 Å². The molecule has 0 aromatic heterocycles. The third-order valence-corrected chi connectivity index (χ3v) is 3.22. The van der Waals surface area contributed by atoms with E-state index in [1.807, 2.05) is 26.0 Å². The maximum atomic E-state index is 11.9. The van der Waals surface area contributed by atoms with Crippen molar-refractivity contribution in [3.05, 3.63) is 35.4 Å². The molecule has 1 aromatic carbocycles. The first-order valence-electron chi connectivity index (χ1n) is 5.63. The Labute approximate surface area is 107 Å². The molecule has 0 spiro atoms. The number of hydrogen-bond donors (Lipinski definition) is 2. The van der Waals surface area contributed by atoms with Gasteiger partial charge in [-0.1, -0.05) is 19.1 Å². The summed E-state index contributed by atoms with van der Waals surface area (Å²) in [7, 11) is 0. The van der Waals surface area contributed by atoms with Crippen molar-refractivity contribution >= 4 is 17.5 Å². The van der Waals surface area contributed by atoms with Gasteiger partial charge in [0.05, 0.1) is 12.1 Å². The van der Waals surface area contributed by atoms with Crippen molar-refractivity contribution in [3.8, 4) is 0 Å². The van der Waals surface area contributed by atoms with E-state index in [2.05, 4.69) is 5.32 Å². The van der Waals surface area contributed by atoms with Crippen molar-refractivity contribution in [3.63, 3.8) is 0 Å². The normalized spacial score (nSPS) is 14.1. The number of nitrogens with one attached hydrogen (secondary N) is 1. The molecule has 2 N–H and O–H groups in total. The topological polar surface area (TPSA) is 49.3 Å². The van der Waals surface area contributed by atoms with Crippen LogP contribution in [0.5, 0.6) is 0 Å². The monoisotopic (exact) mass is 255 g/mol. The fourth-order valence-electron chi connectivity index (χ4n) is 1.33. The number of aliphatic hydroxyl groups is 1. The van der Waals surface area contributed by atoms with Gasteiger partial charge in [0.25, 0.3) is 5.91 Å². The second-order valence-corrected chi connectivity index (χ2v) is 4.62. The minimum Gasteiger partial charge on any atom is -0.394 e. The van der Waals surface area contributed by atoms with Crippen LogP contribution in [0.4, 0.5) is 0 Å². The lowest BCUT2D eigenvalue weighted by molar-refractivity contribution is 0.0847. The van der Waals surface area contributed by atoms with Crippen LogP contribution >= 0.6 is 11.6 Å². The fraction of sp³-hybridized carbons (Fsp3) is 0.462. The first kappa shape index (κ1) is 14.0.